The molecule has 2 fully saturated rings. The Balaban J connectivity index is 1.86. The van der Waals surface area contributed by atoms with Crippen LogP contribution in [0.1, 0.15) is 84.0 Å². The molecule has 6 N–H and O–H groups in total. The molecule has 0 aromatic carbocycles. The van der Waals surface area contributed by atoms with Gasteiger partial charge in [0, 0.05) is 24.2 Å². The van der Waals surface area contributed by atoms with E-state index in [1.54, 1.807) is 0 Å². The monoisotopic (exact) mass is 314 g/mol. The van der Waals surface area contributed by atoms with E-state index in [-0.39, 0.29) is 0 Å². The van der Waals surface area contributed by atoms with E-state index in [1.165, 1.54) is 77.0 Å². The van der Waals surface area contributed by atoms with E-state index in [1.807, 2.05) is 0 Å². The molecule has 4 nitrogen and oxygen atoms in total. The summed E-state index contributed by atoms with van der Waals surface area (Å²) in [5.74, 6) is 0. The SMILES string of the molecule is CCCCCC(NC1CCCCC1[16NH2])NC1CCCCC1[16NH2]. The Morgan fingerprint density at radius 2 is 1.32 bits per heavy atom. The Kier molecular flexibility index (Phi) is 8.15. The van der Waals surface area contributed by atoms with Gasteiger partial charge in [-0.1, -0.05) is 51.9 Å². The van der Waals surface area contributed by atoms with Crippen molar-refractivity contribution in [3.8, 4) is 0 Å². The molecule has 4 heteroatoms. The summed E-state index contributed by atoms with van der Waals surface area (Å²) >= 11 is 0. The first-order valence-electron chi connectivity index (χ1n) is 9.74. The van der Waals surface area contributed by atoms with Crippen LogP contribution in [0.15, 0.2) is 0 Å². The van der Waals surface area contributed by atoms with Crippen molar-refractivity contribution in [1.29, 1.82) is 0 Å². The van der Waals surface area contributed by atoms with Crippen LogP contribution in [0.4, 0.5) is 0 Å². The molecule has 0 heterocycles. The summed E-state index contributed by atoms with van der Waals surface area (Å²) in [6.45, 7) is 2.27. The van der Waals surface area contributed by atoms with Crippen LogP contribution < -0.4 is 22.1 Å². The van der Waals surface area contributed by atoms with Gasteiger partial charge in [-0.05, 0) is 32.1 Å². The van der Waals surface area contributed by atoms with Crippen LogP contribution in [0.2, 0.25) is 0 Å². The Labute approximate surface area is 137 Å². The summed E-state index contributed by atoms with van der Waals surface area (Å²) < 4.78 is 0. The first kappa shape index (κ1) is 18.2. The fourth-order valence-electron chi connectivity index (χ4n) is 4.06. The normalized spacial score (nSPS) is 34.5. The molecule has 0 aromatic heterocycles. The summed E-state index contributed by atoms with van der Waals surface area (Å²) in [4.78, 5) is 0. The second-order valence-corrected chi connectivity index (χ2v) is 7.49. The first-order valence-corrected chi connectivity index (χ1v) is 9.74. The van der Waals surface area contributed by atoms with E-state index in [0.29, 0.717) is 30.3 Å². The Morgan fingerprint density at radius 1 is 0.818 bits per heavy atom. The Hall–Kier alpha value is -0.160. The molecule has 130 valence electrons. The highest BCUT2D eigenvalue weighted by molar-refractivity contribution is 4.89. The Morgan fingerprint density at radius 3 is 1.77 bits per heavy atom. The van der Waals surface area contributed by atoms with Gasteiger partial charge >= 0.3 is 0 Å². The minimum atomic E-state index is 0.323. The molecule has 2 saturated carbocycles. The van der Waals surface area contributed by atoms with Crippen molar-refractivity contribution in [2.45, 2.75) is 114 Å². The van der Waals surface area contributed by atoms with Crippen LogP contribution >= 0.6 is 0 Å². The molecule has 4 atom stereocenters. The highest BCUT2D eigenvalue weighted by atomic mass is 16.3. The minimum Gasteiger partial charge on any atom is -0.326 e. The number of rotatable bonds is 8. The molecule has 4 unspecified atom stereocenters. The molecule has 0 saturated heterocycles. The zero-order chi connectivity index (χ0) is 15.8. The zero-order valence-corrected chi connectivity index (χ0v) is 14.5. The lowest BCUT2D eigenvalue weighted by Crippen LogP contribution is -2.59. The molecular weight excluding hydrogens is 276 g/mol. The van der Waals surface area contributed by atoms with E-state index in [4.69, 9.17) is 11.5 Å². The topological polar surface area (TPSA) is 76.1 Å². The van der Waals surface area contributed by atoms with Gasteiger partial charge in [0.05, 0.1) is 6.17 Å². The summed E-state index contributed by atoms with van der Waals surface area (Å²) in [7, 11) is 0. The minimum absolute atomic E-state index is 0.323. The van der Waals surface area contributed by atoms with Gasteiger partial charge in [0.1, 0.15) is 0 Å². The first-order chi connectivity index (χ1) is 10.7. The molecule has 0 bridgehead atoms. The lowest BCUT2D eigenvalue weighted by atomic mass is 9.91. The highest BCUT2D eigenvalue weighted by Gasteiger charge is 2.27. The van der Waals surface area contributed by atoms with Crippen LogP contribution in [-0.4, -0.2) is 30.3 Å². The molecule has 2 aliphatic rings. The number of nitrogens with two attached hydrogens (primary N) is 2. The van der Waals surface area contributed by atoms with Gasteiger partial charge < -0.3 is 11.5 Å². The maximum absolute atomic E-state index is 6.33. The van der Waals surface area contributed by atoms with Crippen molar-refractivity contribution >= 4 is 0 Å². The smallest absolute Gasteiger partial charge is 0.0576 e. The maximum atomic E-state index is 6.33. The van der Waals surface area contributed by atoms with Gasteiger partial charge in [0.15, 0.2) is 0 Å². The predicted molar refractivity (Wildman–Crippen MR) is 94.7 cm³/mol. The number of hydrogen-bond acceptors (Lipinski definition) is 4. The summed E-state index contributed by atoms with van der Waals surface area (Å²) in [5.41, 5.74) is 12.7. The van der Waals surface area contributed by atoms with Crippen LogP contribution in [0.5, 0.6) is 0 Å². The van der Waals surface area contributed by atoms with Crippen molar-refractivity contribution in [3.05, 3.63) is 0 Å². The van der Waals surface area contributed by atoms with Crippen LogP contribution in [0.25, 0.3) is 0 Å². The largest absolute Gasteiger partial charge is 0.326 e. The van der Waals surface area contributed by atoms with E-state index >= 15 is 0 Å². The van der Waals surface area contributed by atoms with Crippen LogP contribution in [-0.2, 0) is 0 Å². The molecule has 2 rings (SSSR count). The van der Waals surface area contributed by atoms with E-state index in [9.17, 15) is 0 Å². The molecular formula is C18H38N4. The average molecular weight is 315 g/mol. The molecule has 0 aliphatic heterocycles. The quantitative estimate of drug-likeness (QED) is 0.410. The zero-order valence-electron chi connectivity index (χ0n) is 14.5. The van der Waals surface area contributed by atoms with Gasteiger partial charge in [-0.15, -0.1) is 0 Å². The van der Waals surface area contributed by atoms with E-state index < -0.39 is 0 Å². The van der Waals surface area contributed by atoms with E-state index in [2.05, 4.69) is 17.6 Å². The molecule has 0 aromatic rings. The van der Waals surface area contributed by atoms with Crippen LogP contribution in [0, 0.1) is 0 Å². The highest BCUT2D eigenvalue weighted by Crippen LogP contribution is 2.20. The number of hydrogen-bond donors (Lipinski definition) is 4. The molecule has 22 heavy (non-hydrogen) atoms. The van der Waals surface area contributed by atoms with Crippen molar-refractivity contribution in [3.63, 3.8) is 0 Å². The van der Waals surface area contributed by atoms with Crippen molar-refractivity contribution < 1.29 is 0 Å². The summed E-state index contributed by atoms with van der Waals surface area (Å²) in [6, 6.07) is 1.61. The average Bonchev–Trinajstić information content (AvgIpc) is 2.52. The van der Waals surface area contributed by atoms with Crippen molar-refractivity contribution in [2.24, 2.45) is 11.5 Å². The van der Waals surface area contributed by atoms with Gasteiger partial charge in [0.2, 0.25) is 0 Å². The van der Waals surface area contributed by atoms with Crippen molar-refractivity contribution in [2.75, 3.05) is 0 Å². The standard InChI is InChI=1S/C18H38N4/c1-2-3-4-13-18(21-16-11-7-5-9-14(16)19)22-17-12-8-6-10-15(17)20/h14-18,21-22H,2-13,19-20H2,1H3/i19+2,20+2. The maximum Gasteiger partial charge on any atom is 0.0576 e. The lowest BCUT2D eigenvalue weighted by molar-refractivity contribution is 0.225. The number of unbranched alkanes of at least 4 members (excludes halogenated alkanes) is 2. The van der Waals surface area contributed by atoms with Gasteiger partial charge in [-0.2, -0.15) is 0 Å². The third-order valence-corrected chi connectivity index (χ3v) is 5.57. The third kappa shape index (κ3) is 5.80. The van der Waals surface area contributed by atoms with Gasteiger partial charge in [0.25, 0.3) is 0 Å². The van der Waals surface area contributed by atoms with Gasteiger partial charge in [-0.3, -0.25) is 10.6 Å². The third-order valence-electron chi connectivity index (χ3n) is 5.57. The summed E-state index contributed by atoms with van der Waals surface area (Å²) in [5, 5.41) is 7.68. The number of nitrogens with one attached hydrogen (secondary N) is 2. The molecule has 0 radical (unpaired) electrons. The Bertz CT molecular complexity index is 273. The molecule has 0 spiro atoms. The predicted octanol–water partition coefficient (Wildman–Crippen LogP) is 2.61. The second kappa shape index (κ2) is 9.86. The molecule has 0 amide bonds. The lowest BCUT2D eigenvalue weighted by Gasteiger charge is -2.37. The van der Waals surface area contributed by atoms with E-state index in [0.717, 1.165) is 0 Å². The summed E-state index contributed by atoms with van der Waals surface area (Å²) in [6.07, 6.45) is 15.5. The fraction of sp³-hybridized carbons (Fsp3) is 1.00. The molecule has 2 aliphatic carbocycles. The van der Waals surface area contributed by atoms with Crippen molar-refractivity contribution in [1.82, 2.24) is 10.6 Å². The fourth-order valence-corrected chi connectivity index (χ4v) is 4.06. The second-order valence-electron chi connectivity index (χ2n) is 7.49. The van der Waals surface area contributed by atoms with Gasteiger partial charge in [-0.25, -0.2) is 0 Å². The van der Waals surface area contributed by atoms with Crippen LogP contribution in [0.3, 0.4) is 0 Å².